The second kappa shape index (κ2) is 7.27. The molecule has 1 atom stereocenters. The van der Waals surface area contributed by atoms with Crippen LogP contribution in [0.3, 0.4) is 0 Å². The molecule has 1 aliphatic heterocycles. The monoisotopic (exact) mass is 348 g/mol. The van der Waals surface area contributed by atoms with Crippen LogP contribution in [-0.4, -0.2) is 54.0 Å². The zero-order valence-electron chi connectivity index (χ0n) is 13.8. The largest absolute Gasteiger partial charge is 0.331 e. The van der Waals surface area contributed by atoms with Crippen molar-refractivity contribution in [3.8, 4) is 11.3 Å². The molecule has 2 amide bonds. The molecular weight excluding hydrogens is 327 g/mol. The highest BCUT2D eigenvalue weighted by atomic mass is 32.1. The zero-order valence-corrected chi connectivity index (χ0v) is 14.6. The van der Waals surface area contributed by atoms with E-state index in [4.69, 9.17) is 0 Å². The number of halogens is 1. The first-order valence-corrected chi connectivity index (χ1v) is 8.80. The maximum absolute atomic E-state index is 13.0. The van der Waals surface area contributed by atoms with Gasteiger partial charge in [0.05, 0.1) is 12.2 Å². The van der Waals surface area contributed by atoms with Crippen molar-refractivity contribution in [2.75, 3.05) is 27.2 Å². The van der Waals surface area contributed by atoms with Gasteiger partial charge in [-0.3, -0.25) is 0 Å². The van der Waals surface area contributed by atoms with Crippen molar-refractivity contribution in [2.24, 2.45) is 0 Å². The van der Waals surface area contributed by atoms with Gasteiger partial charge in [0.2, 0.25) is 0 Å². The fourth-order valence-corrected chi connectivity index (χ4v) is 3.50. The summed E-state index contributed by atoms with van der Waals surface area (Å²) in [5.74, 6) is -0.261. The number of hydrogen-bond donors (Lipinski definition) is 1. The van der Waals surface area contributed by atoms with E-state index in [2.05, 4.69) is 15.2 Å². The first-order valence-electron chi connectivity index (χ1n) is 7.92. The quantitative estimate of drug-likeness (QED) is 0.924. The molecule has 3 rings (SSSR count). The average Bonchev–Trinajstić information content (AvgIpc) is 3.23. The standard InChI is InChI=1S/C17H21FN4OS/c1-21(2)14-7-8-22(10-14)17(23)19-9-16-20-15(11-24-16)12-3-5-13(18)6-4-12/h3-6,11,14H,7-10H2,1-2H3,(H,19,23). The predicted octanol–water partition coefficient (Wildman–Crippen LogP) is 2.79. The Labute approximate surface area is 145 Å². The Kier molecular flexibility index (Phi) is 5.11. The lowest BCUT2D eigenvalue weighted by Crippen LogP contribution is -2.40. The second-order valence-electron chi connectivity index (χ2n) is 6.14. The highest BCUT2D eigenvalue weighted by Gasteiger charge is 2.27. The highest BCUT2D eigenvalue weighted by molar-refractivity contribution is 7.09. The molecule has 5 nitrogen and oxygen atoms in total. The summed E-state index contributed by atoms with van der Waals surface area (Å²) in [5, 5.41) is 5.69. The van der Waals surface area contributed by atoms with Crippen molar-refractivity contribution in [2.45, 2.75) is 19.0 Å². The summed E-state index contributed by atoms with van der Waals surface area (Å²) in [4.78, 5) is 20.7. The molecule has 0 radical (unpaired) electrons. The molecule has 2 aromatic rings. The van der Waals surface area contributed by atoms with E-state index in [0.29, 0.717) is 12.6 Å². The number of nitrogens with zero attached hydrogens (tertiary/aromatic N) is 3. The summed E-state index contributed by atoms with van der Waals surface area (Å²) in [7, 11) is 4.08. The molecule has 1 unspecified atom stereocenters. The van der Waals surface area contributed by atoms with Crippen LogP contribution in [0.15, 0.2) is 29.6 Å². The van der Waals surface area contributed by atoms with Gasteiger partial charge in [-0.25, -0.2) is 14.2 Å². The van der Waals surface area contributed by atoms with Crippen molar-refractivity contribution in [1.82, 2.24) is 20.1 Å². The Morgan fingerprint density at radius 3 is 2.83 bits per heavy atom. The lowest BCUT2D eigenvalue weighted by molar-refractivity contribution is 0.203. The molecule has 24 heavy (non-hydrogen) atoms. The summed E-state index contributed by atoms with van der Waals surface area (Å²) in [6.07, 6.45) is 1.01. The maximum atomic E-state index is 13.0. The van der Waals surface area contributed by atoms with Gasteiger partial charge in [-0.1, -0.05) is 0 Å². The van der Waals surface area contributed by atoms with Gasteiger partial charge >= 0.3 is 6.03 Å². The summed E-state index contributed by atoms with van der Waals surface area (Å²) in [5.41, 5.74) is 1.68. The Hall–Kier alpha value is -1.99. The summed E-state index contributed by atoms with van der Waals surface area (Å²) in [6, 6.07) is 6.64. The Morgan fingerprint density at radius 1 is 1.42 bits per heavy atom. The van der Waals surface area contributed by atoms with Gasteiger partial charge in [0.1, 0.15) is 10.8 Å². The van der Waals surface area contributed by atoms with Gasteiger partial charge in [-0.2, -0.15) is 0 Å². The van der Waals surface area contributed by atoms with E-state index in [9.17, 15) is 9.18 Å². The summed E-state index contributed by atoms with van der Waals surface area (Å²) < 4.78 is 13.0. The molecule has 7 heteroatoms. The van der Waals surface area contributed by atoms with Gasteiger partial charge in [-0.05, 0) is 44.8 Å². The molecule has 0 spiro atoms. The van der Waals surface area contributed by atoms with E-state index in [1.54, 1.807) is 12.1 Å². The SMILES string of the molecule is CN(C)C1CCN(C(=O)NCc2nc(-c3ccc(F)cc3)cs2)C1. The van der Waals surface area contributed by atoms with Crippen LogP contribution in [0, 0.1) is 5.82 Å². The van der Waals surface area contributed by atoms with E-state index in [0.717, 1.165) is 35.8 Å². The molecule has 128 valence electrons. The highest BCUT2D eigenvalue weighted by Crippen LogP contribution is 2.22. The number of urea groups is 1. The minimum Gasteiger partial charge on any atom is -0.331 e. The predicted molar refractivity (Wildman–Crippen MR) is 93.4 cm³/mol. The molecule has 1 aliphatic rings. The summed E-state index contributed by atoms with van der Waals surface area (Å²) in [6.45, 7) is 1.96. The van der Waals surface area contributed by atoms with Crippen molar-refractivity contribution < 1.29 is 9.18 Å². The first kappa shape index (κ1) is 16.9. The Balaban J connectivity index is 1.54. The Bertz CT molecular complexity index is 701. The van der Waals surface area contributed by atoms with Crippen LogP contribution in [0.4, 0.5) is 9.18 Å². The minimum absolute atomic E-state index is 0.0436. The third kappa shape index (κ3) is 3.91. The van der Waals surface area contributed by atoms with Crippen LogP contribution in [0.5, 0.6) is 0 Å². The number of benzene rings is 1. The number of rotatable bonds is 4. The van der Waals surface area contributed by atoms with Gasteiger partial charge in [0, 0.05) is 30.1 Å². The molecule has 1 aromatic carbocycles. The number of hydrogen-bond acceptors (Lipinski definition) is 4. The number of likely N-dealkylation sites (tertiary alicyclic amines) is 1. The van der Waals surface area contributed by atoms with Crippen LogP contribution < -0.4 is 5.32 Å². The van der Waals surface area contributed by atoms with E-state index in [-0.39, 0.29) is 11.8 Å². The fourth-order valence-electron chi connectivity index (χ4n) is 2.76. The van der Waals surface area contributed by atoms with E-state index >= 15 is 0 Å². The van der Waals surface area contributed by atoms with Gasteiger partial charge in [-0.15, -0.1) is 11.3 Å². The molecule has 0 aliphatic carbocycles. The third-order valence-electron chi connectivity index (χ3n) is 4.26. The van der Waals surface area contributed by atoms with Crippen LogP contribution in [0.1, 0.15) is 11.4 Å². The fraction of sp³-hybridized carbons (Fsp3) is 0.412. The van der Waals surface area contributed by atoms with Crippen molar-refractivity contribution in [3.05, 3.63) is 40.5 Å². The molecule has 2 heterocycles. The minimum atomic E-state index is -0.261. The van der Waals surface area contributed by atoms with Crippen molar-refractivity contribution in [3.63, 3.8) is 0 Å². The lowest BCUT2D eigenvalue weighted by Gasteiger charge is -2.20. The maximum Gasteiger partial charge on any atom is 0.317 e. The van der Waals surface area contributed by atoms with Gasteiger partial charge in [0.15, 0.2) is 0 Å². The van der Waals surface area contributed by atoms with Crippen LogP contribution in [-0.2, 0) is 6.54 Å². The second-order valence-corrected chi connectivity index (χ2v) is 7.09. The molecule has 0 bridgehead atoms. The molecule has 0 saturated carbocycles. The van der Waals surface area contributed by atoms with E-state index in [1.165, 1.54) is 23.5 Å². The molecule has 1 fully saturated rings. The zero-order chi connectivity index (χ0) is 17.1. The summed E-state index contributed by atoms with van der Waals surface area (Å²) >= 11 is 1.49. The molecular formula is C17H21FN4OS. The van der Waals surface area contributed by atoms with Crippen LogP contribution in [0.25, 0.3) is 11.3 Å². The number of amides is 2. The first-order chi connectivity index (χ1) is 11.5. The van der Waals surface area contributed by atoms with Crippen molar-refractivity contribution in [1.29, 1.82) is 0 Å². The van der Waals surface area contributed by atoms with E-state index in [1.807, 2.05) is 24.4 Å². The normalized spacial score (nSPS) is 17.5. The molecule has 1 saturated heterocycles. The number of aromatic nitrogens is 1. The molecule has 1 aromatic heterocycles. The van der Waals surface area contributed by atoms with Gasteiger partial charge in [0.25, 0.3) is 0 Å². The number of carbonyl (C=O) groups is 1. The number of nitrogens with one attached hydrogen (secondary N) is 1. The van der Waals surface area contributed by atoms with Gasteiger partial charge < -0.3 is 15.1 Å². The average molecular weight is 348 g/mol. The number of likely N-dealkylation sites (N-methyl/N-ethyl adjacent to an activating group) is 1. The Morgan fingerprint density at radius 2 is 2.17 bits per heavy atom. The molecule has 1 N–H and O–H groups in total. The third-order valence-corrected chi connectivity index (χ3v) is 5.11. The van der Waals surface area contributed by atoms with Crippen molar-refractivity contribution >= 4 is 17.4 Å². The van der Waals surface area contributed by atoms with Crippen LogP contribution in [0.2, 0.25) is 0 Å². The number of carbonyl (C=O) groups excluding carboxylic acids is 1. The van der Waals surface area contributed by atoms with Crippen LogP contribution >= 0.6 is 11.3 Å². The topological polar surface area (TPSA) is 48.5 Å². The lowest BCUT2D eigenvalue weighted by atomic mass is 10.2. The van der Waals surface area contributed by atoms with E-state index < -0.39 is 0 Å². The number of thiazole rings is 1. The smallest absolute Gasteiger partial charge is 0.317 e.